The van der Waals surface area contributed by atoms with Crippen LogP contribution in [0.2, 0.25) is 5.02 Å². The molecule has 0 radical (unpaired) electrons. The maximum atomic E-state index is 6.09. The van der Waals surface area contributed by atoms with E-state index >= 15 is 0 Å². The Morgan fingerprint density at radius 2 is 1.81 bits per heavy atom. The van der Waals surface area contributed by atoms with Crippen LogP contribution in [0, 0.1) is 20.8 Å². The summed E-state index contributed by atoms with van der Waals surface area (Å²) in [6, 6.07) is 5.97. The van der Waals surface area contributed by atoms with Crippen LogP contribution in [0.4, 0.5) is 0 Å². The molecule has 2 rings (SSSR count). The summed E-state index contributed by atoms with van der Waals surface area (Å²) in [7, 11) is 0. The third-order valence-corrected chi connectivity index (χ3v) is 4.60. The number of hydrogen-bond donors (Lipinski definition) is 1. The van der Waals surface area contributed by atoms with Crippen molar-refractivity contribution in [3.63, 3.8) is 0 Å². The predicted molar refractivity (Wildman–Crippen MR) is 89.2 cm³/mol. The number of aromatic nitrogens is 2. The molecule has 1 aromatic heterocycles. The molecular formula is C16H20ClN3S. The van der Waals surface area contributed by atoms with Gasteiger partial charge in [-0.1, -0.05) is 11.6 Å². The van der Waals surface area contributed by atoms with Gasteiger partial charge in [0.25, 0.3) is 0 Å². The molecule has 21 heavy (non-hydrogen) atoms. The highest BCUT2D eigenvalue weighted by atomic mass is 35.5. The Bertz CT molecular complexity index is 633. The van der Waals surface area contributed by atoms with E-state index in [1.807, 2.05) is 45.9 Å². The first kappa shape index (κ1) is 16.3. The zero-order chi connectivity index (χ0) is 15.6. The van der Waals surface area contributed by atoms with E-state index in [4.69, 9.17) is 17.3 Å². The summed E-state index contributed by atoms with van der Waals surface area (Å²) in [5.74, 6) is 0. The minimum absolute atomic E-state index is 0.0882. The van der Waals surface area contributed by atoms with Crippen molar-refractivity contribution in [3.8, 4) is 0 Å². The van der Waals surface area contributed by atoms with Crippen molar-refractivity contribution >= 4 is 23.4 Å². The van der Waals surface area contributed by atoms with Crippen molar-refractivity contribution < 1.29 is 0 Å². The first-order chi connectivity index (χ1) is 9.86. The summed E-state index contributed by atoms with van der Waals surface area (Å²) >= 11 is 7.66. The molecule has 3 nitrogen and oxygen atoms in total. The maximum Gasteiger partial charge on any atom is 0.192 e. The van der Waals surface area contributed by atoms with Gasteiger partial charge in [0.1, 0.15) is 0 Å². The number of benzene rings is 1. The second kappa shape index (κ2) is 6.77. The molecule has 0 aliphatic carbocycles. The van der Waals surface area contributed by atoms with Crippen LogP contribution in [0.25, 0.3) is 0 Å². The zero-order valence-corrected chi connectivity index (χ0v) is 14.3. The third-order valence-electron chi connectivity index (χ3n) is 3.38. The summed E-state index contributed by atoms with van der Waals surface area (Å²) in [5, 5.41) is 1.50. The largest absolute Gasteiger partial charge is 0.328 e. The van der Waals surface area contributed by atoms with E-state index in [-0.39, 0.29) is 6.04 Å². The lowest BCUT2D eigenvalue weighted by Gasteiger charge is -2.12. The monoisotopic (exact) mass is 321 g/mol. The van der Waals surface area contributed by atoms with Gasteiger partial charge in [-0.05, 0) is 75.2 Å². The molecule has 0 spiro atoms. The quantitative estimate of drug-likeness (QED) is 0.861. The Hall–Kier alpha value is -1.10. The van der Waals surface area contributed by atoms with Gasteiger partial charge >= 0.3 is 0 Å². The van der Waals surface area contributed by atoms with Gasteiger partial charge < -0.3 is 5.73 Å². The first-order valence-corrected chi connectivity index (χ1v) is 8.10. The zero-order valence-electron chi connectivity index (χ0n) is 12.8. The van der Waals surface area contributed by atoms with Gasteiger partial charge in [-0.3, -0.25) is 0 Å². The van der Waals surface area contributed by atoms with Crippen molar-refractivity contribution in [2.75, 3.05) is 0 Å². The Balaban J connectivity index is 2.35. The van der Waals surface area contributed by atoms with Crippen molar-refractivity contribution in [2.24, 2.45) is 5.73 Å². The minimum Gasteiger partial charge on any atom is -0.328 e. The molecule has 2 aromatic rings. The molecule has 0 aliphatic heterocycles. The average molecular weight is 322 g/mol. The lowest BCUT2D eigenvalue weighted by Crippen LogP contribution is -2.18. The van der Waals surface area contributed by atoms with E-state index in [9.17, 15) is 0 Å². The van der Waals surface area contributed by atoms with Crippen LogP contribution in [0.3, 0.4) is 0 Å². The topological polar surface area (TPSA) is 51.8 Å². The maximum absolute atomic E-state index is 6.09. The lowest BCUT2D eigenvalue weighted by molar-refractivity contribution is 0.729. The highest BCUT2D eigenvalue weighted by Crippen LogP contribution is 2.31. The van der Waals surface area contributed by atoms with Crippen LogP contribution in [0.5, 0.6) is 0 Å². The predicted octanol–water partition coefficient (Wildman–Crippen LogP) is 4.10. The van der Waals surface area contributed by atoms with E-state index in [0.717, 1.165) is 44.0 Å². The standard InChI is InChI=1S/C16H20ClN3S/c1-9(18)7-13-8-14(17)5-6-15(13)21-16-19-11(3)10(2)12(4)20-16/h5-6,8-9H,7,18H2,1-4H3. The molecular weight excluding hydrogens is 302 g/mol. The molecule has 0 fully saturated rings. The molecule has 1 atom stereocenters. The Morgan fingerprint density at radius 1 is 1.19 bits per heavy atom. The summed E-state index contributed by atoms with van der Waals surface area (Å²) in [5.41, 5.74) is 10.2. The smallest absolute Gasteiger partial charge is 0.192 e. The van der Waals surface area contributed by atoms with Crippen LogP contribution in [0.15, 0.2) is 28.3 Å². The van der Waals surface area contributed by atoms with Crippen LogP contribution < -0.4 is 5.73 Å². The van der Waals surface area contributed by atoms with Gasteiger partial charge in [-0.2, -0.15) is 0 Å². The van der Waals surface area contributed by atoms with Gasteiger partial charge in [0, 0.05) is 27.3 Å². The molecule has 1 aromatic carbocycles. The third kappa shape index (κ3) is 4.19. The number of halogens is 1. The molecule has 2 N–H and O–H groups in total. The Kier molecular flexibility index (Phi) is 5.25. The fourth-order valence-corrected chi connectivity index (χ4v) is 3.21. The van der Waals surface area contributed by atoms with E-state index < -0.39 is 0 Å². The Morgan fingerprint density at radius 3 is 2.38 bits per heavy atom. The summed E-state index contributed by atoms with van der Waals surface area (Å²) < 4.78 is 0. The van der Waals surface area contributed by atoms with Gasteiger partial charge in [-0.15, -0.1) is 0 Å². The van der Waals surface area contributed by atoms with Crippen molar-refractivity contribution in [1.82, 2.24) is 9.97 Å². The van der Waals surface area contributed by atoms with Crippen molar-refractivity contribution in [1.29, 1.82) is 0 Å². The molecule has 1 heterocycles. The average Bonchev–Trinajstić information content (AvgIpc) is 2.38. The second-order valence-corrected chi connectivity index (χ2v) is 6.78. The van der Waals surface area contributed by atoms with Gasteiger partial charge in [-0.25, -0.2) is 9.97 Å². The van der Waals surface area contributed by atoms with Crippen molar-refractivity contribution in [2.45, 2.75) is 50.2 Å². The molecule has 112 valence electrons. The fraction of sp³-hybridized carbons (Fsp3) is 0.375. The molecule has 0 saturated heterocycles. The van der Waals surface area contributed by atoms with Crippen molar-refractivity contribution in [3.05, 3.63) is 45.7 Å². The molecule has 0 aliphatic rings. The lowest BCUT2D eigenvalue weighted by atomic mass is 10.1. The highest BCUT2D eigenvalue weighted by Gasteiger charge is 2.11. The van der Waals surface area contributed by atoms with E-state index in [2.05, 4.69) is 9.97 Å². The fourth-order valence-electron chi connectivity index (χ4n) is 2.04. The van der Waals surface area contributed by atoms with E-state index in [0.29, 0.717) is 0 Å². The number of nitrogens with two attached hydrogens (primary N) is 1. The molecule has 0 bridgehead atoms. The van der Waals surface area contributed by atoms with Crippen LogP contribution in [-0.4, -0.2) is 16.0 Å². The number of hydrogen-bond acceptors (Lipinski definition) is 4. The number of rotatable bonds is 4. The first-order valence-electron chi connectivity index (χ1n) is 6.90. The normalized spacial score (nSPS) is 12.5. The molecule has 0 saturated carbocycles. The summed E-state index contributed by atoms with van der Waals surface area (Å²) in [6.07, 6.45) is 0.784. The molecule has 1 unspecified atom stereocenters. The highest BCUT2D eigenvalue weighted by molar-refractivity contribution is 7.99. The molecule has 5 heteroatoms. The Labute approximate surface area is 135 Å². The van der Waals surface area contributed by atoms with Gasteiger partial charge in [0.05, 0.1) is 0 Å². The number of nitrogens with zero attached hydrogens (tertiary/aromatic N) is 2. The second-order valence-electron chi connectivity index (χ2n) is 5.34. The van der Waals surface area contributed by atoms with E-state index in [1.165, 1.54) is 0 Å². The van der Waals surface area contributed by atoms with Gasteiger partial charge in [0.15, 0.2) is 5.16 Å². The van der Waals surface area contributed by atoms with Crippen LogP contribution >= 0.6 is 23.4 Å². The van der Waals surface area contributed by atoms with E-state index in [1.54, 1.807) is 11.8 Å². The summed E-state index contributed by atoms with van der Waals surface area (Å²) in [6.45, 7) is 8.06. The summed E-state index contributed by atoms with van der Waals surface area (Å²) in [4.78, 5) is 10.2. The molecule has 0 amide bonds. The van der Waals surface area contributed by atoms with Gasteiger partial charge in [0.2, 0.25) is 0 Å². The van der Waals surface area contributed by atoms with Crippen LogP contribution in [0.1, 0.15) is 29.4 Å². The van der Waals surface area contributed by atoms with Crippen LogP contribution in [-0.2, 0) is 6.42 Å². The number of aryl methyl sites for hydroxylation is 2. The SMILES string of the molecule is Cc1nc(Sc2ccc(Cl)cc2CC(C)N)nc(C)c1C. The minimum atomic E-state index is 0.0882.